The van der Waals surface area contributed by atoms with E-state index in [1.54, 1.807) is 0 Å². The molecule has 2 aliphatic rings. The van der Waals surface area contributed by atoms with Crippen LogP contribution in [0.1, 0.15) is 25.3 Å². The van der Waals surface area contributed by atoms with Crippen LogP contribution in [-0.4, -0.2) is 4.40 Å². The van der Waals surface area contributed by atoms with Crippen molar-refractivity contribution in [1.82, 2.24) is 4.40 Å². The summed E-state index contributed by atoms with van der Waals surface area (Å²) in [4.78, 5) is 33.8. The van der Waals surface area contributed by atoms with Crippen LogP contribution in [0.5, 0.6) is 23.0 Å². The van der Waals surface area contributed by atoms with Gasteiger partial charge in [0.1, 0.15) is 0 Å². The number of benzene rings is 7. The number of fused-ring (bicyclic) bond motifs is 8. The Morgan fingerprint density at radius 1 is 0.444 bits per heavy atom. The fourth-order valence-electron chi connectivity index (χ4n) is 8.28. The molecule has 258 valence electrons. The number of nitrogens with zero attached hydrogens (tertiary/aromatic N) is 3. The highest BCUT2D eigenvalue weighted by molar-refractivity contribution is 6.09. The lowest BCUT2D eigenvalue weighted by molar-refractivity contribution is 0.477. The number of para-hydroxylation sites is 8. The summed E-state index contributed by atoms with van der Waals surface area (Å²) in [7, 11) is 0. The van der Waals surface area contributed by atoms with Crippen molar-refractivity contribution in [3.63, 3.8) is 0 Å². The van der Waals surface area contributed by atoms with Gasteiger partial charge < -0.3 is 23.7 Å². The Labute approximate surface area is 309 Å². The van der Waals surface area contributed by atoms with Crippen molar-refractivity contribution in [2.24, 2.45) is 0 Å². The van der Waals surface area contributed by atoms with Crippen LogP contribution in [0.4, 0.5) is 34.1 Å². The lowest BCUT2D eigenvalue weighted by Gasteiger charge is -2.33. The minimum Gasteiger partial charge on any atom is -0.453 e. The maximum absolute atomic E-state index is 14.8. The average molecular weight is 702 g/mol. The van der Waals surface area contributed by atoms with Crippen molar-refractivity contribution >= 4 is 72.2 Å². The summed E-state index contributed by atoms with van der Waals surface area (Å²) >= 11 is 0. The monoisotopic (exact) mass is 701 g/mol. The molecule has 4 heterocycles. The molecule has 0 saturated heterocycles. The quantitative estimate of drug-likeness (QED) is 0.135. The Bertz CT molecular complexity index is 2870. The highest BCUT2D eigenvalue weighted by Gasteiger charge is 2.28. The van der Waals surface area contributed by atoms with Crippen LogP contribution in [-0.2, 0) is 0 Å². The molecule has 54 heavy (non-hydrogen) atoms. The van der Waals surface area contributed by atoms with Crippen LogP contribution < -0.4 is 30.1 Å². The normalized spacial score (nSPS) is 13.2. The van der Waals surface area contributed by atoms with Gasteiger partial charge in [-0.15, -0.1) is 0 Å². The number of hydrogen-bond donors (Lipinski definition) is 0. The lowest BCUT2D eigenvalue weighted by Crippen LogP contribution is -2.18. The minimum absolute atomic E-state index is 0.101. The number of anilines is 6. The van der Waals surface area contributed by atoms with Crippen molar-refractivity contribution in [2.75, 3.05) is 9.80 Å². The third kappa shape index (κ3) is 4.23. The van der Waals surface area contributed by atoms with E-state index in [1.165, 1.54) is 0 Å². The van der Waals surface area contributed by atoms with E-state index in [1.807, 2.05) is 146 Å². The molecule has 0 amide bonds. The average Bonchev–Trinajstić information content (AvgIpc) is 3.21. The van der Waals surface area contributed by atoms with Gasteiger partial charge >= 0.3 is 0 Å². The molecule has 0 bridgehead atoms. The Balaban J connectivity index is 1.21. The predicted octanol–water partition coefficient (Wildman–Crippen LogP) is 11.8. The van der Waals surface area contributed by atoms with Gasteiger partial charge in [-0.3, -0.25) is 9.59 Å². The molecule has 9 aromatic rings. The molecule has 0 radical (unpaired) electrons. The van der Waals surface area contributed by atoms with Crippen molar-refractivity contribution < 1.29 is 9.47 Å². The Kier molecular flexibility index (Phi) is 6.32. The Morgan fingerprint density at radius 2 is 0.815 bits per heavy atom. The van der Waals surface area contributed by atoms with Crippen molar-refractivity contribution in [1.29, 1.82) is 0 Å². The molecule has 11 rings (SSSR count). The summed E-state index contributed by atoms with van der Waals surface area (Å²) in [6.07, 6.45) is 0. The van der Waals surface area contributed by atoms with E-state index < -0.39 is 0 Å². The van der Waals surface area contributed by atoms with E-state index in [4.69, 9.17) is 9.47 Å². The highest BCUT2D eigenvalue weighted by atomic mass is 16.5. The van der Waals surface area contributed by atoms with E-state index in [2.05, 4.69) is 28.0 Å². The van der Waals surface area contributed by atoms with Gasteiger partial charge in [0, 0.05) is 32.9 Å². The van der Waals surface area contributed by atoms with Crippen LogP contribution in [0.3, 0.4) is 0 Å². The number of hydrogen-bond acceptors (Lipinski definition) is 6. The zero-order chi connectivity index (χ0) is 36.2. The SMILES string of the molecule is CC(C)c1cc2c(=O)c3cc(N4c5ccccc5Oc5ccccc54)ccc3n3c4ccc(N5c6ccccc6Oc6ccccc65)cc4c(=O)c(c1)c23. The summed E-state index contributed by atoms with van der Waals surface area (Å²) < 4.78 is 14.7. The standard InChI is InChI=1S/C47H31N3O4/c1-27(2)28-23-33-45-34(24-28)47(52)32-26-30(49-39-13-5-9-17-43(39)54-44-18-10-6-14-40(44)49)20-22-36(32)50(45)35-21-19-29(25-31(35)46(33)51)48-37-11-3-7-15-41(37)53-42-16-8-4-12-38(42)48/h3-27H,1-2H3. The second-order valence-electron chi connectivity index (χ2n) is 14.3. The molecule has 0 N–H and O–H groups in total. The van der Waals surface area contributed by atoms with Crippen LogP contribution in [0.2, 0.25) is 0 Å². The minimum atomic E-state index is -0.105. The Morgan fingerprint density at radius 3 is 1.19 bits per heavy atom. The van der Waals surface area contributed by atoms with Gasteiger partial charge in [0.2, 0.25) is 0 Å². The molecule has 7 nitrogen and oxygen atoms in total. The van der Waals surface area contributed by atoms with Gasteiger partial charge in [0.25, 0.3) is 0 Å². The molecule has 0 saturated carbocycles. The van der Waals surface area contributed by atoms with E-state index in [-0.39, 0.29) is 16.8 Å². The van der Waals surface area contributed by atoms with Gasteiger partial charge in [-0.05, 0) is 109 Å². The lowest BCUT2D eigenvalue weighted by atomic mass is 9.95. The first-order valence-electron chi connectivity index (χ1n) is 18.1. The van der Waals surface area contributed by atoms with Crippen LogP contribution in [0.25, 0.3) is 38.1 Å². The zero-order valence-electron chi connectivity index (χ0n) is 29.4. The molecule has 0 atom stereocenters. The smallest absolute Gasteiger partial charge is 0.197 e. The third-order valence-corrected chi connectivity index (χ3v) is 10.8. The molecule has 2 aliphatic heterocycles. The van der Waals surface area contributed by atoms with Crippen LogP contribution >= 0.6 is 0 Å². The molecule has 0 fully saturated rings. The first-order chi connectivity index (χ1) is 26.4. The molecule has 0 spiro atoms. The number of ether oxygens (including phenoxy) is 2. The molecule has 0 unspecified atom stereocenters. The largest absolute Gasteiger partial charge is 0.453 e. The van der Waals surface area contributed by atoms with Gasteiger partial charge in [-0.25, -0.2) is 0 Å². The second-order valence-corrected chi connectivity index (χ2v) is 14.3. The topological polar surface area (TPSA) is 63.5 Å². The zero-order valence-corrected chi connectivity index (χ0v) is 29.4. The molecule has 0 aliphatic carbocycles. The summed E-state index contributed by atoms with van der Waals surface area (Å²) in [5, 5.41) is 2.19. The van der Waals surface area contributed by atoms with Crippen LogP contribution in [0.15, 0.2) is 155 Å². The maximum atomic E-state index is 14.8. The van der Waals surface area contributed by atoms with Crippen molar-refractivity contribution in [3.8, 4) is 23.0 Å². The van der Waals surface area contributed by atoms with Gasteiger partial charge in [-0.1, -0.05) is 62.4 Å². The Hall–Kier alpha value is -7.12. The molecule has 7 aromatic carbocycles. The summed E-state index contributed by atoms with van der Waals surface area (Å²) in [5.41, 5.74) is 8.04. The van der Waals surface area contributed by atoms with Gasteiger partial charge in [0.05, 0.1) is 39.3 Å². The predicted molar refractivity (Wildman–Crippen MR) is 217 cm³/mol. The summed E-state index contributed by atoms with van der Waals surface area (Å²) in [5.74, 6) is 3.05. The van der Waals surface area contributed by atoms with E-state index in [0.717, 1.165) is 73.7 Å². The second kappa shape index (κ2) is 11.2. The fourth-order valence-corrected chi connectivity index (χ4v) is 8.28. The van der Waals surface area contributed by atoms with Crippen LogP contribution in [0, 0.1) is 0 Å². The van der Waals surface area contributed by atoms with E-state index in [9.17, 15) is 9.59 Å². The van der Waals surface area contributed by atoms with E-state index >= 15 is 0 Å². The van der Waals surface area contributed by atoms with Gasteiger partial charge in [0.15, 0.2) is 33.9 Å². The van der Waals surface area contributed by atoms with Crippen molar-refractivity contribution in [2.45, 2.75) is 19.8 Å². The molecule has 7 heteroatoms. The highest BCUT2D eigenvalue weighted by Crippen LogP contribution is 2.52. The number of aromatic nitrogens is 1. The number of rotatable bonds is 3. The summed E-state index contributed by atoms with van der Waals surface area (Å²) in [6, 6.07) is 47.7. The molecule has 2 aromatic heterocycles. The van der Waals surface area contributed by atoms with Crippen molar-refractivity contribution in [3.05, 3.63) is 172 Å². The van der Waals surface area contributed by atoms with E-state index in [0.29, 0.717) is 27.1 Å². The molecular formula is C47H31N3O4. The first-order valence-corrected chi connectivity index (χ1v) is 18.1. The maximum Gasteiger partial charge on any atom is 0.197 e. The molecular weight excluding hydrogens is 671 g/mol. The van der Waals surface area contributed by atoms with Gasteiger partial charge in [-0.2, -0.15) is 0 Å². The fraction of sp³-hybridized carbons (Fsp3) is 0.0638. The summed E-state index contributed by atoms with van der Waals surface area (Å²) in [6.45, 7) is 4.18. The first kappa shape index (κ1) is 30.5. The number of pyridine rings is 2. The third-order valence-electron chi connectivity index (χ3n) is 10.8.